The number of aromatic nitrogens is 2. The maximum absolute atomic E-state index is 12.2. The van der Waals surface area contributed by atoms with Crippen LogP contribution in [-0.4, -0.2) is 22.4 Å². The van der Waals surface area contributed by atoms with Crippen molar-refractivity contribution >= 4 is 28.1 Å². The molecule has 0 saturated heterocycles. The van der Waals surface area contributed by atoms with Crippen LogP contribution in [0.1, 0.15) is 25.9 Å². The van der Waals surface area contributed by atoms with Crippen LogP contribution in [0.5, 0.6) is 0 Å². The zero-order valence-electron chi connectivity index (χ0n) is 12.3. The van der Waals surface area contributed by atoms with E-state index in [4.69, 9.17) is 5.73 Å². The smallest absolute Gasteiger partial charge is 0.263 e. The number of fused-ring (bicyclic) bond motifs is 1. The number of nitrogens with two attached hydrogens (primary N) is 1. The van der Waals surface area contributed by atoms with E-state index in [0.29, 0.717) is 18.0 Å². The van der Waals surface area contributed by atoms with Gasteiger partial charge in [-0.05, 0) is 30.4 Å². The van der Waals surface area contributed by atoms with E-state index in [0.717, 1.165) is 22.6 Å². The number of para-hydroxylation sites is 1. The molecular formula is C16H18N4OS. The fourth-order valence-corrected chi connectivity index (χ4v) is 3.36. The van der Waals surface area contributed by atoms with E-state index < -0.39 is 0 Å². The zero-order valence-corrected chi connectivity index (χ0v) is 13.2. The van der Waals surface area contributed by atoms with Gasteiger partial charge in [-0.3, -0.25) is 4.79 Å². The van der Waals surface area contributed by atoms with Crippen molar-refractivity contribution in [2.45, 2.75) is 19.9 Å². The van der Waals surface area contributed by atoms with E-state index in [1.54, 1.807) is 0 Å². The molecule has 2 aromatic heterocycles. The Hall–Kier alpha value is -2.18. The summed E-state index contributed by atoms with van der Waals surface area (Å²) in [6.07, 6.45) is 2.72. The number of benzene rings is 1. The molecule has 0 saturated carbocycles. The Morgan fingerprint density at radius 1 is 1.41 bits per heavy atom. The van der Waals surface area contributed by atoms with Gasteiger partial charge in [-0.2, -0.15) is 0 Å². The molecule has 114 valence electrons. The van der Waals surface area contributed by atoms with Gasteiger partial charge in [0.25, 0.3) is 5.91 Å². The van der Waals surface area contributed by atoms with Crippen molar-refractivity contribution in [1.82, 2.24) is 15.3 Å². The molecule has 1 aromatic carbocycles. The number of carbonyl (C=O) groups is 1. The minimum absolute atomic E-state index is 0.0756. The number of rotatable bonds is 5. The number of amides is 1. The Balaban J connectivity index is 1.64. The van der Waals surface area contributed by atoms with Crippen LogP contribution in [0.4, 0.5) is 0 Å². The molecular weight excluding hydrogens is 296 g/mol. The SMILES string of the molecule is Cc1nc(CN)sc1C(=O)NCCc1cccc2cc[nH]c12. The molecule has 3 aromatic rings. The monoisotopic (exact) mass is 314 g/mol. The summed E-state index contributed by atoms with van der Waals surface area (Å²) in [6.45, 7) is 2.80. The molecule has 0 aliphatic heterocycles. The maximum Gasteiger partial charge on any atom is 0.263 e. The topological polar surface area (TPSA) is 83.8 Å². The lowest BCUT2D eigenvalue weighted by atomic mass is 10.1. The van der Waals surface area contributed by atoms with Crippen molar-refractivity contribution in [3.8, 4) is 0 Å². The van der Waals surface area contributed by atoms with Crippen LogP contribution in [0.2, 0.25) is 0 Å². The molecule has 0 spiro atoms. The molecule has 6 heteroatoms. The summed E-state index contributed by atoms with van der Waals surface area (Å²) in [5.41, 5.74) is 8.64. The van der Waals surface area contributed by atoms with Gasteiger partial charge in [-0.15, -0.1) is 11.3 Å². The Labute approximate surface area is 132 Å². The molecule has 4 N–H and O–H groups in total. The molecule has 5 nitrogen and oxygen atoms in total. The first kappa shape index (κ1) is 14.7. The second-order valence-corrected chi connectivity index (χ2v) is 6.17. The first-order valence-corrected chi connectivity index (χ1v) is 8.00. The molecule has 0 aliphatic carbocycles. The molecule has 0 radical (unpaired) electrons. The van der Waals surface area contributed by atoms with Gasteiger partial charge in [0.15, 0.2) is 0 Å². The number of aromatic amines is 1. The van der Waals surface area contributed by atoms with Gasteiger partial charge in [0.2, 0.25) is 0 Å². The summed E-state index contributed by atoms with van der Waals surface area (Å²) in [4.78, 5) is 20.4. The third-order valence-electron chi connectivity index (χ3n) is 3.58. The number of aryl methyl sites for hydroxylation is 1. The summed E-state index contributed by atoms with van der Waals surface area (Å²) in [5.74, 6) is -0.0756. The highest BCUT2D eigenvalue weighted by atomic mass is 32.1. The van der Waals surface area contributed by atoms with Crippen molar-refractivity contribution in [3.05, 3.63) is 51.6 Å². The van der Waals surface area contributed by atoms with Gasteiger partial charge in [0.05, 0.1) is 5.69 Å². The number of hydrogen-bond donors (Lipinski definition) is 3. The number of nitrogens with one attached hydrogen (secondary N) is 2. The van der Waals surface area contributed by atoms with Gasteiger partial charge in [-0.1, -0.05) is 18.2 Å². The standard InChI is InChI=1S/C16H18N4OS/c1-10-15(22-13(9-17)20-10)16(21)19-8-6-12-4-2-3-11-5-7-18-14(11)12/h2-5,7,18H,6,8-9,17H2,1H3,(H,19,21). The van der Waals surface area contributed by atoms with Crippen molar-refractivity contribution < 1.29 is 4.79 Å². The van der Waals surface area contributed by atoms with E-state index in [1.807, 2.05) is 25.3 Å². The normalized spacial score (nSPS) is 11.0. The lowest BCUT2D eigenvalue weighted by Gasteiger charge is -2.05. The van der Waals surface area contributed by atoms with Crippen LogP contribution in [0.25, 0.3) is 10.9 Å². The van der Waals surface area contributed by atoms with Crippen molar-refractivity contribution in [1.29, 1.82) is 0 Å². The lowest BCUT2D eigenvalue weighted by Crippen LogP contribution is -2.25. The lowest BCUT2D eigenvalue weighted by molar-refractivity contribution is 0.0957. The van der Waals surface area contributed by atoms with Crippen molar-refractivity contribution in [2.24, 2.45) is 5.73 Å². The second kappa shape index (κ2) is 6.29. The Kier molecular flexibility index (Phi) is 4.22. The minimum atomic E-state index is -0.0756. The van der Waals surface area contributed by atoms with Gasteiger partial charge in [0.1, 0.15) is 9.88 Å². The van der Waals surface area contributed by atoms with Crippen LogP contribution in [0.15, 0.2) is 30.5 Å². The molecule has 3 rings (SSSR count). The zero-order chi connectivity index (χ0) is 15.5. The number of hydrogen-bond acceptors (Lipinski definition) is 4. The maximum atomic E-state index is 12.2. The quantitative estimate of drug-likeness (QED) is 0.676. The van der Waals surface area contributed by atoms with Gasteiger partial charge in [-0.25, -0.2) is 4.98 Å². The molecule has 0 atom stereocenters. The number of carbonyl (C=O) groups excluding carboxylic acids is 1. The van der Waals surface area contributed by atoms with E-state index in [-0.39, 0.29) is 5.91 Å². The number of H-pyrrole nitrogens is 1. The fraction of sp³-hybridized carbons (Fsp3) is 0.250. The van der Waals surface area contributed by atoms with E-state index in [9.17, 15) is 4.79 Å². The highest BCUT2D eigenvalue weighted by molar-refractivity contribution is 7.13. The van der Waals surface area contributed by atoms with E-state index in [1.165, 1.54) is 22.3 Å². The number of thiazole rings is 1. The molecule has 22 heavy (non-hydrogen) atoms. The first-order chi connectivity index (χ1) is 10.7. The van der Waals surface area contributed by atoms with Crippen LogP contribution in [0.3, 0.4) is 0 Å². The predicted molar refractivity (Wildman–Crippen MR) is 89.1 cm³/mol. The highest BCUT2D eigenvalue weighted by Crippen LogP contribution is 2.18. The largest absolute Gasteiger partial charge is 0.361 e. The average Bonchev–Trinajstić information content (AvgIpc) is 3.13. The predicted octanol–water partition coefficient (Wildman–Crippen LogP) is 2.36. The molecule has 0 aliphatic rings. The van der Waals surface area contributed by atoms with Crippen molar-refractivity contribution in [3.63, 3.8) is 0 Å². The van der Waals surface area contributed by atoms with Crippen LogP contribution < -0.4 is 11.1 Å². The van der Waals surface area contributed by atoms with Gasteiger partial charge in [0, 0.05) is 24.8 Å². The first-order valence-electron chi connectivity index (χ1n) is 7.18. The molecule has 0 fully saturated rings. The second-order valence-electron chi connectivity index (χ2n) is 5.09. The molecule has 0 bridgehead atoms. The summed E-state index contributed by atoms with van der Waals surface area (Å²) in [5, 5.41) is 4.94. The van der Waals surface area contributed by atoms with E-state index >= 15 is 0 Å². The Bertz CT molecular complexity index is 805. The van der Waals surface area contributed by atoms with Gasteiger partial charge >= 0.3 is 0 Å². The summed E-state index contributed by atoms with van der Waals surface area (Å²) in [6, 6.07) is 8.24. The highest BCUT2D eigenvalue weighted by Gasteiger charge is 2.14. The van der Waals surface area contributed by atoms with Crippen LogP contribution in [-0.2, 0) is 13.0 Å². The molecule has 1 amide bonds. The Morgan fingerprint density at radius 2 is 2.27 bits per heavy atom. The van der Waals surface area contributed by atoms with Crippen LogP contribution >= 0.6 is 11.3 Å². The van der Waals surface area contributed by atoms with Crippen LogP contribution in [0, 0.1) is 6.92 Å². The third kappa shape index (κ3) is 2.88. The number of nitrogens with zero attached hydrogens (tertiary/aromatic N) is 1. The summed E-state index contributed by atoms with van der Waals surface area (Å²) < 4.78 is 0. The van der Waals surface area contributed by atoms with E-state index in [2.05, 4.69) is 27.4 Å². The summed E-state index contributed by atoms with van der Waals surface area (Å²) in [7, 11) is 0. The molecule has 2 heterocycles. The molecule has 0 unspecified atom stereocenters. The van der Waals surface area contributed by atoms with Crippen molar-refractivity contribution in [2.75, 3.05) is 6.54 Å². The minimum Gasteiger partial charge on any atom is -0.361 e. The third-order valence-corrected chi connectivity index (χ3v) is 4.75. The fourth-order valence-electron chi connectivity index (χ4n) is 2.50. The summed E-state index contributed by atoms with van der Waals surface area (Å²) >= 11 is 1.36. The Morgan fingerprint density at radius 3 is 3.05 bits per heavy atom. The average molecular weight is 314 g/mol. The van der Waals surface area contributed by atoms with Gasteiger partial charge < -0.3 is 16.0 Å².